The molecule has 1 heterocycles. The summed E-state index contributed by atoms with van der Waals surface area (Å²) in [5, 5.41) is -0.573. The Morgan fingerprint density at radius 2 is 1.76 bits per heavy atom. The lowest BCUT2D eigenvalue weighted by Gasteiger charge is -2.26. The Bertz CT molecular complexity index is 426. The van der Waals surface area contributed by atoms with Crippen molar-refractivity contribution in [2.24, 2.45) is 0 Å². The SMILES string of the molecule is O=C(c1cc(F)c(Cl)c(F)c1)N1CCSCC1. The van der Waals surface area contributed by atoms with Gasteiger partial charge in [0.25, 0.3) is 5.91 Å². The van der Waals surface area contributed by atoms with Crippen LogP contribution in [0.2, 0.25) is 5.02 Å². The average molecular weight is 278 g/mol. The molecule has 1 amide bonds. The summed E-state index contributed by atoms with van der Waals surface area (Å²) in [6.45, 7) is 1.21. The summed E-state index contributed by atoms with van der Waals surface area (Å²) in [6, 6.07) is 1.96. The van der Waals surface area contributed by atoms with Crippen molar-refractivity contribution in [2.75, 3.05) is 24.6 Å². The zero-order chi connectivity index (χ0) is 12.4. The van der Waals surface area contributed by atoms with Gasteiger partial charge in [-0.25, -0.2) is 8.78 Å². The summed E-state index contributed by atoms with van der Waals surface area (Å²) < 4.78 is 26.4. The molecule has 1 fully saturated rings. The maximum absolute atomic E-state index is 13.2. The Hall–Kier alpha value is -0.810. The third-order valence-electron chi connectivity index (χ3n) is 2.53. The van der Waals surface area contributed by atoms with Crippen molar-refractivity contribution in [2.45, 2.75) is 0 Å². The molecule has 0 spiro atoms. The highest BCUT2D eigenvalue weighted by molar-refractivity contribution is 7.99. The minimum Gasteiger partial charge on any atom is -0.337 e. The molecule has 0 atom stereocenters. The van der Waals surface area contributed by atoms with E-state index in [1.165, 1.54) is 0 Å². The third-order valence-corrected chi connectivity index (χ3v) is 3.83. The van der Waals surface area contributed by atoms with Gasteiger partial charge in [-0.2, -0.15) is 11.8 Å². The number of carbonyl (C=O) groups is 1. The molecular formula is C11H10ClF2NOS. The number of nitrogens with zero attached hydrogens (tertiary/aromatic N) is 1. The fourth-order valence-electron chi connectivity index (χ4n) is 1.63. The van der Waals surface area contributed by atoms with Gasteiger partial charge in [0.15, 0.2) is 0 Å². The summed E-state index contributed by atoms with van der Waals surface area (Å²) in [4.78, 5) is 13.6. The molecule has 2 rings (SSSR count). The molecule has 2 nitrogen and oxygen atoms in total. The van der Waals surface area contributed by atoms with E-state index in [0.717, 1.165) is 23.6 Å². The van der Waals surface area contributed by atoms with E-state index in [9.17, 15) is 13.6 Å². The third kappa shape index (κ3) is 2.72. The molecule has 0 saturated carbocycles. The molecule has 92 valence electrons. The quantitative estimate of drug-likeness (QED) is 0.736. The number of hydrogen-bond acceptors (Lipinski definition) is 2. The minimum atomic E-state index is -0.901. The highest BCUT2D eigenvalue weighted by atomic mass is 35.5. The number of benzene rings is 1. The molecule has 0 radical (unpaired) electrons. The summed E-state index contributed by atoms with van der Waals surface area (Å²) >= 11 is 7.12. The summed E-state index contributed by atoms with van der Waals surface area (Å²) in [5.41, 5.74) is 0.0105. The van der Waals surface area contributed by atoms with Crippen molar-refractivity contribution in [1.29, 1.82) is 0 Å². The maximum atomic E-state index is 13.2. The van der Waals surface area contributed by atoms with Gasteiger partial charge in [-0.3, -0.25) is 4.79 Å². The standard InChI is InChI=1S/C11H10ClF2NOS/c12-10-8(13)5-7(6-9(10)14)11(16)15-1-3-17-4-2-15/h5-6H,1-4H2. The molecular weight excluding hydrogens is 268 g/mol. The molecule has 0 aromatic heterocycles. The average Bonchev–Trinajstić information content (AvgIpc) is 2.35. The maximum Gasteiger partial charge on any atom is 0.254 e. The van der Waals surface area contributed by atoms with Crippen molar-refractivity contribution in [3.8, 4) is 0 Å². The van der Waals surface area contributed by atoms with Crippen LogP contribution < -0.4 is 0 Å². The van der Waals surface area contributed by atoms with Gasteiger partial charge in [0.05, 0.1) is 0 Å². The van der Waals surface area contributed by atoms with E-state index in [1.54, 1.807) is 16.7 Å². The van der Waals surface area contributed by atoms with E-state index in [1.807, 2.05) is 0 Å². The van der Waals surface area contributed by atoms with E-state index in [2.05, 4.69) is 0 Å². The van der Waals surface area contributed by atoms with Gasteiger partial charge in [-0.15, -0.1) is 0 Å². The number of rotatable bonds is 1. The van der Waals surface area contributed by atoms with Crippen LogP contribution in [0.5, 0.6) is 0 Å². The number of hydrogen-bond donors (Lipinski definition) is 0. The van der Waals surface area contributed by atoms with Crippen LogP contribution in [-0.2, 0) is 0 Å². The van der Waals surface area contributed by atoms with E-state index < -0.39 is 16.7 Å². The second kappa shape index (κ2) is 5.23. The van der Waals surface area contributed by atoms with Gasteiger partial charge in [-0.05, 0) is 12.1 Å². The van der Waals surface area contributed by atoms with Crippen LogP contribution in [0.15, 0.2) is 12.1 Å². The first-order valence-corrected chi connectivity index (χ1v) is 6.64. The smallest absolute Gasteiger partial charge is 0.254 e. The van der Waals surface area contributed by atoms with Gasteiger partial charge < -0.3 is 4.90 Å². The highest BCUT2D eigenvalue weighted by Crippen LogP contribution is 2.22. The predicted molar refractivity (Wildman–Crippen MR) is 64.6 cm³/mol. The van der Waals surface area contributed by atoms with E-state index in [0.29, 0.717) is 13.1 Å². The second-order valence-electron chi connectivity index (χ2n) is 3.66. The number of halogens is 3. The molecule has 0 N–H and O–H groups in total. The molecule has 1 saturated heterocycles. The van der Waals surface area contributed by atoms with Crippen molar-refractivity contribution in [3.63, 3.8) is 0 Å². The zero-order valence-corrected chi connectivity index (χ0v) is 10.5. The lowest BCUT2D eigenvalue weighted by molar-refractivity contribution is 0.0771. The molecule has 6 heteroatoms. The van der Waals surface area contributed by atoms with Crippen molar-refractivity contribution in [3.05, 3.63) is 34.4 Å². The molecule has 1 aliphatic heterocycles. The fourth-order valence-corrected chi connectivity index (χ4v) is 2.64. The molecule has 1 aromatic rings. The monoisotopic (exact) mass is 277 g/mol. The van der Waals surface area contributed by atoms with Crippen molar-refractivity contribution in [1.82, 2.24) is 4.90 Å². The van der Waals surface area contributed by atoms with Gasteiger partial charge in [0, 0.05) is 30.2 Å². The molecule has 0 unspecified atom stereocenters. The largest absolute Gasteiger partial charge is 0.337 e. The van der Waals surface area contributed by atoms with E-state index in [4.69, 9.17) is 11.6 Å². The first kappa shape index (κ1) is 12.6. The Morgan fingerprint density at radius 3 is 2.29 bits per heavy atom. The summed E-state index contributed by atoms with van der Waals surface area (Å²) in [6.07, 6.45) is 0. The first-order chi connectivity index (χ1) is 8.09. The lowest BCUT2D eigenvalue weighted by Crippen LogP contribution is -2.38. The van der Waals surface area contributed by atoms with Gasteiger partial charge >= 0.3 is 0 Å². The molecule has 17 heavy (non-hydrogen) atoms. The van der Waals surface area contributed by atoms with Crippen LogP contribution in [-0.4, -0.2) is 35.4 Å². The molecule has 0 bridgehead atoms. The van der Waals surface area contributed by atoms with Crippen LogP contribution in [0.3, 0.4) is 0 Å². The zero-order valence-electron chi connectivity index (χ0n) is 8.88. The normalized spacial score (nSPS) is 16.1. The second-order valence-corrected chi connectivity index (χ2v) is 5.26. The number of amides is 1. The topological polar surface area (TPSA) is 20.3 Å². The Morgan fingerprint density at radius 1 is 1.24 bits per heavy atom. The van der Waals surface area contributed by atoms with Crippen LogP contribution >= 0.6 is 23.4 Å². The lowest BCUT2D eigenvalue weighted by atomic mass is 10.2. The Labute approximate surface area is 107 Å². The number of carbonyl (C=O) groups excluding carboxylic acids is 1. The van der Waals surface area contributed by atoms with Gasteiger partial charge in [-0.1, -0.05) is 11.6 Å². The van der Waals surface area contributed by atoms with Crippen LogP contribution in [0, 0.1) is 11.6 Å². The van der Waals surface area contributed by atoms with Crippen LogP contribution in [0.1, 0.15) is 10.4 Å². The first-order valence-electron chi connectivity index (χ1n) is 5.11. The molecule has 0 aliphatic carbocycles. The van der Waals surface area contributed by atoms with Crippen LogP contribution in [0.4, 0.5) is 8.78 Å². The Kier molecular flexibility index (Phi) is 3.89. The summed E-state index contributed by atoms with van der Waals surface area (Å²) in [7, 11) is 0. The summed E-state index contributed by atoms with van der Waals surface area (Å²) in [5.74, 6) is -0.447. The minimum absolute atomic E-state index is 0.0105. The molecule has 1 aromatic carbocycles. The van der Waals surface area contributed by atoms with E-state index >= 15 is 0 Å². The predicted octanol–water partition coefficient (Wildman–Crippen LogP) is 2.81. The van der Waals surface area contributed by atoms with Gasteiger partial charge in [0.2, 0.25) is 0 Å². The van der Waals surface area contributed by atoms with Crippen LogP contribution in [0.25, 0.3) is 0 Å². The number of thioether (sulfide) groups is 1. The van der Waals surface area contributed by atoms with E-state index in [-0.39, 0.29) is 11.5 Å². The Balaban J connectivity index is 2.24. The van der Waals surface area contributed by atoms with Crippen molar-refractivity contribution >= 4 is 29.3 Å². The fraction of sp³-hybridized carbons (Fsp3) is 0.364. The van der Waals surface area contributed by atoms with Gasteiger partial charge in [0.1, 0.15) is 16.7 Å². The highest BCUT2D eigenvalue weighted by Gasteiger charge is 2.20. The van der Waals surface area contributed by atoms with Crippen molar-refractivity contribution < 1.29 is 13.6 Å². The molecule has 1 aliphatic rings.